The van der Waals surface area contributed by atoms with Crippen molar-refractivity contribution >= 4 is 27.3 Å². The van der Waals surface area contributed by atoms with E-state index < -0.39 is 0 Å². The van der Waals surface area contributed by atoms with Crippen molar-refractivity contribution in [2.45, 2.75) is 18.7 Å². The third-order valence-corrected chi connectivity index (χ3v) is 5.61. The summed E-state index contributed by atoms with van der Waals surface area (Å²) >= 11 is 3.33. The van der Waals surface area contributed by atoms with E-state index in [1.165, 1.54) is 5.56 Å². The average Bonchev–Trinajstić information content (AvgIpc) is 3.07. The zero-order valence-electron chi connectivity index (χ0n) is 14.3. The smallest absolute Gasteiger partial charge is 0.293 e. The Bertz CT molecular complexity index is 802. The number of benzene rings is 2. The molecule has 6 nitrogen and oxygen atoms in total. The number of nitro groups is 1. The van der Waals surface area contributed by atoms with Crippen molar-refractivity contribution in [2.24, 2.45) is 0 Å². The van der Waals surface area contributed by atoms with Crippen LogP contribution in [0.3, 0.4) is 0 Å². The van der Waals surface area contributed by atoms with Gasteiger partial charge in [-0.1, -0.05) is 46.3 Å². The standard InChI is InChI=1S/C19H20BrN3O3/c20-15-6-7-16(17(10-15)23(24)25)22-12-18-19(13-22)26-9-8-21(18)11-14-4-2-1-3-5-14/h1-7,10,18-19H,8-9,11-13H2. The van der Waals surface area contributed by atoms with E-state index >= 15 is 0 Å². The molecule has 0 N–H and O–H groups in total. The molecule has 2 heterocycles. The van der Waals surface area contributed by atoms with Crippen molar-refractivity contribution in [1.29, 1.82) is 0 Å². The highest BCUT2D eigenvalue weighted by Gasteiger charge is 2.41. The highest BCUT2D eigenvalue weighted by molar-refractivity contribution is 9.10. The van der Waals surface area contributed by atoms with Crippen molar-refractivity contribution in [3.8, 4) is 0 Å². The molecule has 2 aromatic carbocycles. The van der Waals surface area contributed by atoms with Gasteiger partial charge >= 0.3 is 0 Å². The second-order valence-corrected chi connectivity index (χ2v) is 7.64. The predicted octanol–water partition coefficient (Wildman–Crippen LogP) is 3.45. The largest absolute Gasteiger partial charge is 0.373 e. The van der Waals surface area contributed by atoms with E-state index in [2.05, 4.69) is 50.0 Å². The van der Waals surface area contributed by atoms with E-state index in [1.807, 2.05) is 18.2 Å². The van der Waals surface area contributed by atoms with Crippen LogP contribution in [0.5, 0.6) is 0 Å². The molecular formula is C19H20BrN3O3. The van der Waals surface area contributed by atoms with E-state index in [0.29, 0.717) is 23.3 Å². The van der Waals surface area contributed by atoms with Gasteiger partial charge in [-0.3, -0.25) is 15.0 Å². The van der Waals surface area contributed by atoms with Crippen LogP contribution in [0.15, 0.2) is 53.0 Å². The lowest BCUT2D eigenvalue weighted by Crippen LogP contribution is -2.50. The van der Waals surface area contributed by atoms with E-state index in [0.717, 1.165) is 19.6 Å². The SMILES string of the molecule is O=[N+]([O-])c1cc(Br)ccc1N1CC2OCCN(Cc3ccccc3)C2C1. The number of nitro benzene ring substituents is 1. The molecule has 0 saturated carbocycles. The Kier molecular flexibility index (Phi) is 4.93. The first kappa shape index (κ1) is 17.5. The number of halogens is 1. The first-order valence-electron chi connectivity index (χ1n) is 8.70. The van der Waals surface area contributed by atoms with Gasteiger partial charge in [0.2, 0.25) is 0 Å². The van der Waals surface area contributed by atoms with Crippen molar-refractivity contribution in [3.63, 3.8) is 0 Å². The zero-order valence-corrected chi connectivity index (χ0v) is 15.8. The molecule has 7 heteroatoms. The summed E-state index contributed by atoms with van der Waals surface area (Å²) in [5.74, 6) is 0. The van der Waals surface area contributed by atoms with Crippen molar-refractivity contribution < 1.29 is 9.66 Å². The molecule has 0 aliphatic carbocycles. The summed E-state index contributed by atoms with van der Waals surface area (Å²) in [6.07, 6.45) is 0.0794. The van der Waals surface area contributed by atoms with E-state index in [1.54, 1.807) is 6.07 Å². The quantitative estimate of drug-likeness (QED) is 0.563. The van der Waals surface area contributed by atoms with Crippen LogP contribution >= 0.6 is 15.9 Å². The van der Waals surface area contributed by atoms with Crippen LogP contribution < -0.4 is 4.90 Å². The lowest BCUT2D eigenvalue weighted by atomic mass is 10.1. The monoisotopic (exact) mass is 417 g/mol. The molecule has 0 spiro atoms. The molecule has 2 aromatic rings. The number of nitrogens with zero attached hydrogens (tertiary/aromatic N) is 3. The number of hydrogen-bond donors (Lipinski definition) is 0. The Morgan fingerprint density at radius 2 is 2.00 bits per heavy atom. The lowest BCUT2D eigenvalue weighted by Gasteiger charge is -2.36. The fraction of sp³-hybridized carbons (Fsp3) is 0.368. The van der Waals surface area contributed by atoms with E-state index in [4.69, 9.17) is 4.74 Å². The summed E-state index contributed by atoms with van der Waals surface area (Å²) in [5.41, 5.74) is 2.07. The summed E-state index contributed by atoms with van der Waals surface area (Å²) in [4.78, 5) is 15.7. The zero-order chi connectivity index (χ0) is 18.1. The van der Waals surface area contributed by atoms with Crippen molar-refractivity contribution in [3.05, 3.63) is 68.7 Å². The summed E-state index contributed by atoms with van der Waals surface area (Å²) in [7, 11) is 0. The van der Waals surface area contributed by atoms with Gasteiger partial charge < -0.3 is 9.64 Å². The Morgan fingerprint density at radius 3 is 2.77 bits per heavy atom. The van der Waals surface area contributed by atoms with Gasteiger partial charge in [-0.25, -0.2) is 0 Å². The fourth-order valence-corrected chi connectivity index (χ4v) is 4.23. The Balaban J connectivity index is 1.55. The van der Waals surface area contributed by atoms with Gasteiger partial charge in [0.15, 0.2) is 0 Å². The molecule has 2 saturated heterocycles. The van der Waals surface area contributed by atoms with E-state index in [-0.39, 0.29) is 22.8 Å². The van der Waals surface area contributed by atoms with Crippen molar-refractivity contribution in [1.82, 2.24) is 4.90 Å². The third kappa shape index (κ3) is 3.47. The third-order valence-electron chi connectivity index (χ3n) is 5.12. The summed E-state index contributed by atoms with van der Waals surface area (Å²) < 4.78 is 6.70. The number of rotatable bonds is 4. The molecule has 2 aliphatic heterocycles. The highest BCUT2D eigenvalue weighted by atomic mass is 79.9. The Morgan fingerprint density at radius 1 is 1.19 bits per heavy atom. The molecule has 2 aliphatic rings. The van der Waals surface area contributed by atoms with Gasteiger partial charge in [0.25, 0.3) is 5.69 Å². The first-order chi connectivity index (χ1) is 12.6. The number of ether oxygens (including phenoxy) is 1. The number of fused-ring (bicyclic) bond motifs is 1. The number of morpholine rings is 1. The van der Waals surface area contributed by atoms with Gasteiger partial charge in [0.05, 0.1) is 23.7 Å². The van der Waals surface area contributed by atoms with Gasteiger partial charge in [-0.2, -0.15) is 0 Å². The van der Waals surface area contributed by atoms with Crippen LogP contribution in [0.25, 0.3) is 0 Å². The van der Waals surface area contributed by atoms with Gasteiger partial charge in [-0.15, -0.1) is 0 Å². The molecule has 0 radical (unpaired) electrons. The molecule has 26 heavy (non-hydrogen) atoms. The summed E-state index contributed by atoms with van der Waals surface area (Å²) in [6, 6.07) is 15.9. The second-order valence-electron chi connectivity index (χ2n) is 6.73. The molecule has 2 fully saturated rings. The maximum Gasteiger partial charge on any atom is 0.293 e. The molecule has 0 aromatic heterocycles. The van der Waals surface area contributed by atoms with Crippen LogP contribution in [0.4, 0.5) is 11.4 Å². The summed E-state index contributed by atoms with van der Waals surface area (Å²) in [6.45, 7) is 3.87. The molecule has 136 valence electrons. The topological polar surface area (TPSA) is 58.9 Å². The lowest BCUT2D eigenvalue weighted by molar-refractivity contribution is -0.384. The number of anilines is 1. The molecule has 0 bridgehead atoms. The number of hydrogen-bond acceptors (Lipinski definition) is 5. The van der Waals surface area contributed by atoms with Gasteiger partial charge in [0, 0.05) is 36.7 Å². The normalized spacial score (nSPS) is 23.0. The van der Waals surface area contributed by atoms with Gasteiger partial charge in [0.1, 0.15) is 5.69 Å². The fourth-order valence-electron chi connectivity index (χ4n) is 3.88. The minimum Gasteiger partial charge on any atom is -0.373 e. The Hall–Kier alpha value is -1.96. The van der Waals surface area contributed by atoms with Crippen LogP contribution in [0.1, 0.15) is 5.56 Å². The maximum absolute atomic E-state index is 11.5. The Labute approximate surface area is 160 Å². The first-order valence-corrected chi connectivity index (χ1v) is 9.49. The molecular weight excluding hydrogens is 398 g/mol. The van der Waals surface area contributed by atoms with Crippen molar-refractivity contribution in [2.75, 3.05) is 31.1 Å². The predicted molar refractivity (Wildman–Crippen MR) is 103 cm³/mol. The molecule has 2 unspecified atom stereocenters. The van der Waals surface area contributed by atoms with Crippen LogP contribution in [-0.4, -0.2) is 48.2 Å². The van der Waals surface area contributed by atoms with Gasteiger partial charge in [-0.05, 0) is 17.7 Å². The van der Waals surface area contributed by atoms with Crippen LogP contribution in [0.2, 0.25) is 0 Å². The minimum absolute atomic E-state index is 0.0794. The van der Waals surface area contributed by atoms with Crippen LogP contribution in [-0.2, 0) is 11.3 Å². The minimum atomic E-state index is -0.315. The second kappa shape index (κ2) is 7.34. The average molecular weight is 418 g/mol. The highest BCUT2D eigenvalue weighted by Crippen LogP contribution is 2.35. The molecule has 2 atom stereocenters. The molecule has 4 rings (SSSR count). The summed E-state index contributed by atoms with van der Waals surface area (Å²) in [5, 5.41) is 11.5. The van der Waals surface area contributed by atoms with Crippen LogP contribution in [0, 0.1) is 10.1 Å². The van der Waals surface area contributed by atoms with E-state index in [9.17, 15) is 10.1 Å². The molecule has 0 amide bonds. The maximum atomic E-state index is 11.5.